The van der Waals surface area contributed by atoms with Gasteiger partial charge in [0.05, 0.1) is 0 Å². The van der Waals surface area contributed by atoms with E-state index in [1.165, 1.54) is 30.5 Å². The van der Waals surface area contributed by atoms with Crippen LogP contribution in [0.25, 0.3) is 0 Å². The lowest BCUT2D eigenvalue weighted by Crippen LogP contribution is -2.48. The van der Waals surface area contributed by atoms with Gasteiger partial charge in [0.15, 0.2) is 0 Å². The van der Waals surface area contributed by atoms with E-state index in [2.05, 4.69) is 43.0 Å². The van der Waals surface area contributed by atoms with Gasteiger partial charge < -0.3 is 10.6 Å². The molecular weight excluding hydrogens is 208 g/mol. The highest BCUT2D eigenvalue weighted by molar-refractivity contribution is 5.48. The number of rotatable bonds is 5. The third kappa shape index (κ3) is 3.01. The summed E-state index contributed by atoms with van der Waals surface area (Å²) in [6.07, 6.45) is 4.85. The first-order valence-electron chi connectivity index (χ1n) is 6.73. The lowest BCUT2D eigenvalue weighted by molar-refractivity contribution is 0.234. The zero-order valence-corrected chi connectivity index (χ0v) is 11.1. The van der Waals surface area contributed by atoms with Crippen LogP contribution >= 0.6 is 0 Å². The molecule has 0 radical (unpaired) electrons. The van der Waals surface area contributed by atoms with E-state index < -0.39 is 0 Å². The quantitative estimate of drug-likeness (QED) is 0.845. The number of hydrogen-bond acceptors (Lipinski definition) is 2. The topological polar surface area (TPSA) is 29.3 Å². The fourth-order valence-corrected chi connectivity index (χ4v) is 2.53. The Bertz CT molecular complexity index is 369. The Morgan fingerprint density at radius 1 is 1.35 bits per heavy atom. The van der Waals surface area contributed by atoms with Gasteiger partial charge >= 0.3 is 0 Å². The predicted octanol–water partition coefficient (Wildman–Crippen LogP) is 3.09. The first kappa shape index (κ1) is 12.4. The van der Waals surface area contributed by atoms with Crippen molar-refractivity contribution in [3.8, 4) is 0 Å². The van der Waals surface area contributed by atoms with Crippen LogP contribution < -0.4 is 10.6 Å². The van der Waals surface area contributed by atoms with Crippen LogP contribution in [0, 0.1) is 6.92 Å². The minimum atomic E-state index is 0.136. The fraction of sp³-hybridized carbons (Fsp3) is 0.600. The lowest BCUT2D eigenvalue weighted by Gasteiger charge is -2.40. The molecule has 0 bridgehead atoms. The van der Waals surface area contributed by atoms with E-state index in [1.807, 2.05) is 0 Å². The average Bonchev–Trinajstić information content (AvgIpc) is 2.28. The highest BCUT2D eigenvalue weighted by Crippen LogP contribution is 2.32. The Kier molecular flexibility index (Phi) is 3.72. The molecule has 2 nitrogen and oxygen atoms in total. The van der Waals surface area contributed by atoms with Gasteiger partial charge in [-0.3, -0.25) is 0 Å². The Morgan fingerprint density at radius 2 is 2.12 bits per heavy atom. The lowest BCUT2D eigenvalue weighted by atomic mass is 9.75. The van der Waals surface area contributed by atoms with Gasteiger partial charge in [-0.25, -0.2) is 0 Å². The maximum atomic E-state index is 6.29. The molecule has 1 aromatic carbocycles. The van der Waals surface area contributed by atoms with Crippen molar-refractivity contribution in [2.45, 2.75) is 45.1 Å². The van der Waals surface area contributed by atoms with E-state index in [9.17, 15) is 0 Å². The largest absolute Gasteiger partial charge is 0.372 e. The Hall–Kier alpha value is -1.02. The zero-order valence-electron chi connectivity index (χ0n) is 11.1. The van der Waals surface area contributed by atoms with Crippen LogP contribution in [0.15, 0.2) is 24.3 Å². The monoisotopic (exact) mass is 232 g/mol. The van der Waals surface area contributed by atoms with E-state index in [0.29, 0.717) is 0 Å². The summed E-state index contributed by atoms with van der Waals surface area (Å²) in [5.41, 5.74) is 9.08. The van der Waals surface area contributed by atoms with Crippen LogP contribution in [0.1, 0.15) is 38.2 Å². The maximum absolute atomic E-state index is 6.29. The summed E-state index contributed by atoms with van der Waals surface area (Å²) < 4.78 is 0. The van der Waals surface area contributed by atoms with Crippen LogP contribution in [0.2, 0.25) is 0 Å². The van der Waals surface area contributed by atoms with Crippen molar-refractivity contribution < 1.29 is 0 Å². The average molecular weight is 232 g/mol. The van der Waals surface area contributed by atoms with Gasteiger partial charge in [-0.15, -0.1) is 0 Å². The third-order valence-electron chi connectivity index (χ3n) is 3.98. The zero-order chi connectivity index (χ0) is 12.3. The highest BCUT2D eigenvalue weighted by atomic mass is 15.1. The fourth-order valence-electron chi connectivity index (χ4n) is 2.53. The minimum absolute atomic E-state index is 0.136. The second-order valence-electron chi connectivity index (χ2n) is 5.38. The van der Waals surface area contributed by atoms with Crippen LogP contribution in [-0.2, 0) is 0 Å². The molecule has 1 saturated carbocycles. The van der Waals surface area contributed by atoms with E-state index in [1.54, 1.807) is 0 Å². The molecule has 17 heavy (non-hydrogen) atoms. The van der Waals surface area contributed by atoms with Crippen molar-refractivity contribution in [3.63, 3.8) is 0 Å². The van der Waals surface area contributed by atoms with Gasteiger partial charge in [0.25, 0.3) is 0 Å². The summed E-state index contributed by atoms with van der Waals surface area (Å²) in [4.78, 5) is 2.43. The summed E-state index contributed by atoms with van der Waals surface area (Å²) in [6.45, 7) is 6.50. The molecule has 1 fully saturated rings. The second kappa shape index (κ2) is 5.09. The Balaban J connectivity index is 1.96. The van der Waals surface area contributed by atoms with Crippen LogP contribution in [0.3, 0.4) is 0 Å². The van der Waals surface area contributed by atoms with Gasteiger partial charge in [-0.2, -0.15) is 0 Å². The van der Waals surface area contributed by atoms with Crippen LogP contribution in [-0.4, -0.2) is 18.6 Å². The molecule has 2 heteroatoms. The van der Waals surface area contributed by atoms with Gasteiger partial charge in [0.2, 0.25) is 0 Å². The normalized spacial score (nSPS) is 17.6. The number of nitrogens with zero attached hydrogens (tertiary/aromatic N) is 1. The standard InChI is InChI=1S/C15H24N2/c1-3-17(11-10-15(16)8-5-9-15)14-7-4-6-13(2)12-14/h4,6-7,12H,3,5,8-11,16H2,1-2H3. The first-order chi connectivity index (χ1) is 8.13. The SMILES string of the molecule is CCN(CCC1(N)CCC1)c1cccc(C)c1. The summed E-state index contributed by atoms with van der Waals surface area (Å²) in [5.74, 6) is 0. The molecule has 0 unspecified atom stereocenters. The third-order valence-corrected chi connectivity index (χ3v) is 3.98. The summed E-state index contributed by atoms with van der Waals surface area (Å²) >= 11 is 0. The van der Waals surface area contributed by atoms with Crippen LogP contribution in [0.5, 0.6) is 0 Å². The number of nitrogens with two attached hydrogens (primary N) is 1. The molecule has 2 rings (SSSR count). The summed E-state index contributed by atoms with van der Waals surface area (Å²) in [6, 6.07) is 8.73. The van der Waals surface area contributed by atoms with E-state index in [0.717, 1.165) is 19.5 Å². The Labute approximate surface area is 105 Å². The molecule has 0 aliphatic heterocycles. The molecule has 94 valence electrons. The van der Waals surface area contributed by atoms with E-state index >= 15 is 0 Å². The first-order valence-corrected chi connectivity index (χ1v) is 6.73. The second-order valence-corrected chi connectivity index (χ2v) is 5.38. The van der Waals surface area contributed by atoms with Crippen molar-refractivity contribution >= 4 is 5.69 Å². The maximum Gasteiger partial charge on any atom is 0.0368 e. The molecule has 0 atom stereocenters. The molecule has 2 N–H and O–H groups in total. The van der Waals surface area contributed by atoms with E-state index in [4.69, 9.17) is 5.73 Å². The molecule has 0 spiro atoms. The van der Waals surface area contributed by atoms with Crippen molar-refractivity contribution in [2.24, 2.45) is 5.73 Å². The number of anilines is 1. The van der Waals surface area contributed by atoms with Crippen molar-refractivity contribution in [1.29, 1.82) is 0 Å². The summed E-state index contributed by atoms with van der Waals surface area (Å²) in [5, 5.41) is 0. The van der Waals surface area contributed by atoms with Crippen molar-refractivity contribution in [3.05, 3.63) is 29.8 Å². The number of benzene rings is 1. The van der Waals surface area contributed by atoms with Gasteiger partial charge in [0, 0.05) is 24.3 Å². The molecule has 0 amide bonds. The predicted molar refractivity (Wildman–Crippen MR) is 74.5 cm³/mol. The van der Waals surface area contributed by atoms with Crippen molar-refractivity contribution in [2.75, 3.05) is 18.0 Å². The van der Waals surface area contributed by atoms with Gasteiger partial charge in [0.1, 0.15) is 0 Å². The van der Waals surface area contributed by atoms with E-state index in [-0.39, 0.29) is 5.54 Å². The molecule has 1 aliphatic rings. The number of hydrogen-bond donors (Lipinski definition) is 1. The van der Waals surface area contributed by atoms with Gasteiger partial charge in [-0.05, 0) is 57.2 Å². The highest BCUT2D eigenvalue weighted by Gasteiger charge is 2.32. The number of aryl methyl sites for hydroxylation is 1. The molecule has 0 saturated heterocycles. The minimum Gasteiger partial charge on any atom is -0.372 e. The molecule has 0 heterocycles. The smallest absolute Gasteiger partial charge is 0.0368 e. The van der Waals surface area contributed by atoms with Crippen molar-refractivity contribution in [1.82, 2.24) is 0 Å². The molecule has 0 aromatic heterocycles. The molecular formula is C15H24N2. The van der Waals surface area contributed by atoms with Crippen LogP contribution in [0.4, 0.5) is 5.69 Å². The van der Waals surface area contributed by atoms with Gasteiger partial charge in [-0.1, -0.05) is 12.1 Å². The molecule has 1 aliphatic carbocycles. The Morgan fingerprint density at radius 3 is 2.65 bits per heavy atom. The molecule has 1 aromatic rings. The summed E-state index contributed by atoms with van der Waals surface area (Å²) in [7, 11) is 0.